The molecule has 1 saturated heterocycles. The van der Waals surface area contributed by atoms with Gasteiger partial charge in [0.15, 0.2) is 6.10 Å². The number of aliphatic carboxylic acids is 1. The van der Waals surface area contributed by atoms with Crippen molar-refractivity contribution in [3.63, 3.8) is 0 Å². The van der Waals surface area contributed by atoms with Gasteiger partial charge in [-0.15, -0.1) is 0 Å². The smallest absolute Gasteiger partial charge is 0.334 e. The van der Waals surface area contributed by atoms with E-state index in [9.17, 15) is 18.7 Å². The molecular formula is C19H22F2N4O4. The molecule has 4 N–H and O–H groups in total. The maximum Gasteiger partial charge on any atom is 0.334 e. The van der Waals surface area contributed by atoms with Gasteiger partial charge in [0.2, 0.25) is 0 Å². The Kier molecular flexibility index (Phi) is 5.34. The molecule has 0 saturated carbocycles. The van der Waals surface area contributed by atoms with Crippen LogP contribution in [0.1, 0.15) is 29.3 Å². The molecule has 0 amide bonds. The zero-order valence-corrected chi connectivity index (χ0v) is 15.5. The van der Waals surface area contributed by atoms with Crippen LogP contribution in [-0.2, 0) is 29.2 Å². The molecule has 10 heteroatoms. The number of carbonyl (C=O) groups is 1. The lowest BCUT2D eigenvalue weighted by Gasteiger charge is -2.38. The number of halogens is 2. The molecule has 0 aliphatic carbocycles. The number of nitrogens with two attached hydrogens (primary N) is 1. The van der Waals surface area contributed by atoms with Crippen molar-refractivity contribution >= 4 is 5.97 Å². The SMILES string of the molecule is N[C@H]1C[C@@H](N2Cc3cn(C[C@H](O)C(=O)O)nc3C2)CO[C@@H]1c1cc(F)ccc1F. The molecule has 29 heavy (non-hydrogen) atoms. The molecule has 1 aromatic heterocycles. The summed E-state index contributed by atoms with van der Waals surface area (Å²) in [5.74, 6) is -2.36. The monoisotopic (exact) mass is 408 g/mol. The number of carboxylic acid groups (broad SMARTS) is 1. The van der Waals surface area contributed by atoms with Crippen molar-refractivity contribution in [2.24, 2.45) is 5.73 Å². The molecule has 0 bridgehead atoms. The van der Waals surface area contributed by atoms with Gasteiger partial charge in [-0.05, 0) is 24.6 Å². The summed E-state index contributed by atoms with van der Waals surface area (Å²) in [6.45, 7) is 1.36. The Morgan fingerprint density at radius 2 is 2.17 bits per heavy atom. The summed E-state index contributed by atoms with van der Waals surface area (Å²) in [5, 5.41) is 22.6. The van der Waals surface area contributed by atoms with Crippen LogP contribution in [-0.4, -0.2) is 55.7 Å². The Morgan fingerprint density at radius 1 is 1.38 bits per heavy atom. The number of carboxylic acids is 1. The molecule has 1 aromatic carbocycles. The van der Waals surface area contributed by atoms with Gasteiger partial charge in [-0.3, -0.25) is 9.58 Å². The number of hydrogen-bond acceptors (Lipinski definition) is 6. The van der Waals surface area contributed by atoms with E-state index in [0.29, 0.717) is 26.1 Å². The molecule has 8 nitrogen and oxygen atoms in total. The lowest BCUT2D eigenvalue weighted by molar-refractivity contribution is -0.147. The summed E-state index contributed by atoms with van der Waals surface area (Å²) in [7, 11) is 0. The summed E-state index contributed by atoms with van der Waals surface area (Å²) in [6, 6.07) is 2.78. The highest BCUT2D eigenvalue weighted by molar-refractivity contribution is 5.71. The van der Waals surface area contributed by atoms with Crippen molar-refractivity contribution in [3.8, 4) is 0 Å². The lowest BCUT2D eigenvalue weighted by atomic mass is 9.93. The topological polar surface area (TPSA) is 114 Å². The molecule has 156 valence electrons. The van der Waals surface area contributed by atoms with Gasteiger partial charge in [0, 0.05) is 42.5 Å². The van der Waals surface area contributed by atoms with Crippen molar-refractivity contribution in [2.75, 3.05) is 6.61 Å². The van der Waals surface area contributed by atoms with E-state index >= 15 is 0 Å². The number of rotatable bonds is 5. The van der Waals surface area contributed by atoms with Crippen LogP contribution in [0.25, 0.3) is 0 Å². The molecule has 2 aliphatic heterocycles. The average molecular weight is 408 g/mol. The second-order valence-electron chi connectivity index (χ2n) is 7.56. The van der Waals surface area contributed by atoms with Crippen molar-refractivity contribution in [1.82, 2.24) is 14.7 Å². The highest BCUT2D eigenvalue weighted by Crippen LogP contribution is 2.34. The Morgan fingerprint density at radius 3 is 2.86 bits per heavy atom. The standard InChI is InChI=1S/C19H22F2N4O4/c20-11-1-2-14(21)13(3-11)18-15(22)4-12(9-29-18)24-5-10-6-25(23-16(10)7-24)8-17(26)19(27)28/h1-3,6,12,15,17-18,26H,4-5,7-9,22H2,(H,27,28)/t12-,15+,17+,18-/m1/s1. The third-order valence-electron chi connectivity index (χ3n) is 5.48. The highest BCUT2D eigenvalue weighted by Gasteiger charge is 2.37. The predicted octanol–water partition coefficient (Wildman–Crippen LogP) is 0.780. The number of aliphatic hydroxyl groups is 1. The van der Waals surface area contributed by atoms with Crippen LogP contribution in [0.5, 0.6) is 0 Å². The maximum absolute atomic E-state index is 14.1. The van der Waals surface area contributed by atoms with Gasteiger partial charge in [0.1, 0.15) is 17.7 Å². The van der Waals surface area contributed by atoms with Crippen LogP contribution in [0.15, 0.2) is 24.4 Å². The molecule has 3 heterocycles. The summed E-state index contributed by atoms with van der Waals surface area (Å²) in [6.07, 6.45) is 0.0863. The third kappa shape index (κ3) is 4.01. The minimum Gasteiger partial charge on any atom is -0.479 e. The molecule has 4 rings (SSSR count). The van der Waals surface area contributed by atoms with E-state index in [2.05, 4.69) is 10.00 Å². The number of ether oxygens (including phenoxy) is 1. The van der Waals surface area contributed by atoms with Gasteiger partial charge in [0.25, 0.3) is 0 Å². The maximum atomic E-state index is 14.1. The van der Waals surface area contributed by atoms with Gasteiger partial charge >= 0.3 is 5.97 Å². The van der Waals surface area contributed by atoms with Gasteiger partial charge in [-0.2, -0.15) is 5.10 Å². The van der Waals surface area contributed by atoms with Crippen molar-refractivity contribution in [3.05, 3.63) is 52.9 Å². The van der Waals surface area contributed by atoms with Crippen LogP contribution in [0.4, 0.5) is 8.78 Å². The number of aliphatic hydroxyl groups excluding tert-OH is 1. The van der Waals surface area contributed by atoms with Crippen LogP contribution < -0.4 is 5.73 Å². The fourth-order valence-electron chi connectivity index (χ4n) is 3.99. The molecular weight excluding hydrogens is 386 g/mol. The minimum absolute atomic E-state index is 0.00475. The van der Waals surface area contributed by atoms with E-state index in [1.165, 1.54) is 4.68 Å². The first-order valence-corrected chi connectivity index (χ1v) is 9.34. The average Bonchev–Trinajstić information content (AvgIpc) is 3.22. The van der Waals surface area contributed by atoms with Gasteiger partial charge in [-0.1, -0.05) is 0 Å². The van der Waals surface area contributed by atoms with Crippen LogP contribution in [0.2, 0.25) is 0 Å². The molecule has 0 radical (unpaired) electrons. The first kappa shape index (κ1) is 19.9. The van der Waals surface area contributed by atoms with E-state index < -0.39 is 35.9 Å². The summed E-state index contributed by atoms with van der Waals surface area (Å²) >= 11 is 0. The molecule has 4 atom stereocenters. The van der Waals surface area contributed by atoms with Crippen LogP contribution >= 0.6 is 0 Å². The van der Waals surface area contributed by atoms with E-state index in [1.54, 1.807) is 6.20 Å². The molecule has 2 aliphatic rings. The molecule has 0 unspecified atom stereocenters. The van der Waals surface area contributed by atoms with Gasteiger partial charge in [-0.25, -0.2) is 13.6 Å². The van der Waals surface area contributed by atoms with Crippen LogP contribution in [0, 0.1) is 11.6 Å². The number of benzene rings is 1. The number of fused-ring (bicyclic) bond motifs is 1. The first-order valence-electron chi connectivity index (χ1n) is 9.34. The number of nitrogens with zero attached hydrogens (tertiary/aromatic N) is 3. The predicted molar refractivity (Wildman–Crippen MR) is 96.5 cm³/mol. The summed E-state index contributed by atoms with van der Waals surface area (Å²) in [4.78, 5) is 12.9. The van der Waals surface area contributed by atoms with Crippen molar-refractivity contribution in [1.29, 1.82) is 0 Å². The van der Waals surface area contributed by atoms with E-state index in [0.717, 1.165) is 29.5 Å². The normalized spacial score (nSPS) is 25.7. The Bertz CT molecular complexity index is 898. The molecule has 0 spiro atoms. The van der Waals surface area contributed by atoms with Crippen molar-refractivity contribution in [2.45, 2.75) is 50.3 Å². The zero-order valence-electron chi connectivity index (χ0n) is 15.5. The van der Waals surface area contributed by atoms with Crippen molar-refractivity contribution < 1.29 is 28.5 Å². The summed E-state index contributed by atoms with van der Waals surface area (Å²) < 4.78 is 34.8. The fourth-order valence-corrected chi connectivity index (χ4v) is 3.99. The second kappa shape index (κ2) is 7.79. The Balaban J connectivity index is 1.38. The Hall–Kier alpha value is -2.40. The Labute approximate surface area is 165 Å². The lowest BCUT2D eigenvalue weighted by Crippen LogP contribution is -2.47. The van der Waals surface area contributed by atoms with Gasteiger partial charge < -0.3 is 20.7 Å². The van der Waals surface area contributed by atoms with E-state index in [4.69, 9.17) is 15.6 Å². The number of aromatic nitrogens is 2. The molecule has 2 aromatic rings. The van der Waals surface area contributed by atoms with Crippen LogP contribution in [0.3, 0.4) is 0 Å². The first-order chi connectivity index (χ1) is 13.8. The van der Waals surface area contributed by atoms with Gasteiger partial charge in [0.05, 0.1) is 18.8 Å². The summed E-state index contributed by atoms with van der Waals surface area (Å²) in [5.41, 5.74) is 8.13. The molecule has 1 fully saturated rings. The second-order valence-corrected chi connectivity index (χ2v) is 7.56. The quantitative estimate of drug-likeness (QED) is 0.670. The third-order valence-corrected chi connectivity index (χ3v) is 5.48. The van der Waals surface area contributed by atoms with E-state index in [-0.39, 0.29) is 18.2 Å². The fraction of sp³-hybridized carbons (Fsp3) is 0.474. The largest absolute Gasteiger partial charge is 0.479 e. The number of hydrogen-bond donors (Lipinski definition) is 3. The zero-order chi connectivity index (χ0) is 20.7. The minimum atomic E-state index is -1.50. The van der Waals surface area contributed by atoms with E-state index in [1.807, 2.05) is 0 Å². The highest BCUT2D eigenvalue weighted by atomic mass is 19.1.